The van der Waals surface area contributed by atoms with Crippen LogP contribution in [-0.2, 0) is 6.18 Å². The van der Waals surface area contributed by atoms with Gasteiger partial charge in [-0.1, -0.05) is 12.1 Å². The van der Waals surface area contributed by atoms with Crippen molar-refractivity contribution < 1.29 is 18.0 Å². The summed E-state index contributed by atoms with van der Waals surface area (Å²) in [6.45, 7) is 3.98. The van der Waals surface area contributed by atoms with Gasteiger partial charge in [-0.25, -0.2) is 4.98 Å². The fourth-order valence-corrected chi connectivity index (χ4v) is 3.41. The zero-order valence-electron chi connectivity index (χ0n) is 13.7. The molecule has 1 N–H and O–H groups in total. The van der Waals surface area contributed by atoms with Crippen LogP contribution in [0.5, 0.6) is 0 Å². The van der Waals surface area contributed by atoms with Crippen LogP contribution < -0.4 is 5.32 Å². The third-order valence-corrected chi connectivity index (χ3v) is 4.81. The summed E-state index contributed by atoms with van der Waals surface area (Å²) in [5, 5.41) is 5.22. The van der Waals surface area contributed by atoms with E-state index in [9.17, 15) is 18.0 Å². The third-order valence-electron chi connectivity index (χ3n) is 3.92. The molecule has 1 aromatic heterocycles. The summed E-state index contributed by atoms with van der Waals surface area (Å²) in [5.41, 5.74) is -0.0813. The SMILES string of the molecule is C[C@@H]1CNCCN1C(=O)c1csc(-c2cccc(C(F)(F)F)c2)n1.Cl.Cl. The van der Waals surface area contributed by atoms with Gasteiger partial charge in [-0.15, -0.1) is 36.2 Å². The number of nitrogens with one attached hydrogen (secondary N) is 1. The highest BCUT2D eigenvalue weighted by atomic mass is 35.5. The van der Waals surface area contributed by atoms with Gasteiger partial charge < -0.3 is 10.2 Å². The minimum absolute atomic E-state index is 0. The Balaban J connectivity index is 0.00000169. The van der Waals surface area contributed by atoms with Crippen LogP contribution >= 0.6 is 36.2 Å². The minimum Gasteiger partial charge on any atom is -0.332 e. The van der Waals surface area contributed by atoms with Crippen molar-refractivity contribution in [3.8, 4) is 10.6 Å². The first kappa shape index (κ1) is 22.7. The molecule has 3 rings (SSSR count). The number of rotatable bonds is 2. The van der Waals surface area contributed by atoms with E-state index in [0.29, 0.717) is 17.1 Å². The van der Waals surface area contributed by atoms with Crippen molar-refractivity contribution in [2.24, 2.45) is 0 Å². The Kier molecular flexibility index (Phi) is 7.88. The molecule has 4 nitrogen and oxygen atoms in total. The second kappa shape index (κ2) is 9.03. The maximum absolute atomic E-state index is 12.8. The first-order chi connectivity index (χ1) is 11.4. The highest BCUT2D eigenvalue weighted by Gasteiger charge is 2.31. The lowest BCUT2D eigenvalue weighted by Crippen LogP contribution is -2.52. The number of amides is 1. The molecule has 1 aliphatic rings. The molecule has 26 heavy (non-hydrogen) atoms. The molecule has 0 aliphatic carbocycles. The number of carbonyl (C=O) groups excluding carboxylic acids is 1. The summed E-state index contributed by atoms with van der Waals surface area (Å²) >= 11 is 1.17. The van der Waals surface area contributed by atoms with Gasteiger partial charge >= 0.3 is 6.18 Å². The van der Waals surface area contributed by atoms with Crippen molar-refractivity contribution in [2.45, 2.75) is 19.1 Å². The molecule has 1 amide bonds. The summed E-state index contributed by atoms with van der Waals surface area (Å²) in [7, 11) is 0. The number of thiazole rings is 1. The zero-order valence-corrected chi connectivity index (χ0v) is 16.2. The number of hydrogen-bond donors (Lipinski definition) is 1. The molecule has 1 aromatic carbocycles. The molecule has 2 heterocycles. The minimum atomic E-state index is -4.40. The van der Waals surface area contributed by atoms with Crippen LogP contribution in [0.4, 0.5) is 13.2 Å². The zero-order chi connectivity index (χ0) is 17.3. The van der Waals surface area contributed by atoms with E-state index >= 15 is 0 Å². The van der Waals surface area contributed by atoms with Crippen molar-refractivity contribution in [2.75, 3.05) is 19.6 Å². The van der Waals surface area contributed by atoms with Gasteiger partial charge in [0.2, 0.25) is 0 Å². The van der Waals surface area contributed by atoms with Gasteiger partial charge in [0.15, 0.2) is 0 Å². The van der Waals surface area contributed by atoms with E-state index in [4.69, 9.17) is 0 Å². The summed E-state index contributed by atoms with van der Waals surface area (Å²) in [5.74, 6) is -0.182. The number of benzene rings is 1. The first-order valence-electron chi connectivity index (χ1n) is 7.51. The molecular formula is C16H18Cl2F3N3OS. The predicted octanol–water partition coefficient (Wildman–Crippen LogP) is 4.11. The molecule has 0 bridgehead atoms. The lowest BCUT2D eigenvalue weighted by atomic mass is 10.1. The smallest absolute Gasteiger partial charge is 0.332 e. The van der Waals surface area contributed by atoms with Crippen molar-refractivity contribution >= 4 is 42.1 Å². The van der Waals surface area contributed by atoms with Gasteiger partial charge in [-0.3, -0.25) is 4.79 Å². The van der Waals surface area contributed by atoms with Gasteiger partial charge in [-0.05, 0) is 19.1 Å². The molecule has 0 spiro atoms. The number of nitrogens with zero attached hydrogens (tertiary/aromatic N) is 2. The largest absolute Gasteiger partial charge is 0.416 e. The third kappa shape index (κ3) is 4.88. The Labute approximate surface area is 165 Å². The molecule has 1 saturated heterocycles. The Morgan fingerprint density at radius 3 is 2.73 bits per heavy atom. The average Bonchev–Trinajstić information content (AvgIpc) is 3.04. The molecule has 2 aromatic rings. The van der Waals surface area contributed by atoms with Crippen molar-refractivity contribution in [1.82, 2.24) is 15.2 Å². The van der Waals surface area contributed by atoms with E-state index in [1.54, 1.807) is 16.3 Å². The highest BCUT2D eigenvalue weighted by molar-refractivity contribution is 7.13. The standard InChI is InChI=1S/C16H16F3N3OS.2ClH/c1-10-8-20-5-6-22(10)15(23)13-9-24-14(21-13)11-3-2-4-12(7-11)16(17,18)19;;/h2-4,7,9-10,20H,5-6,8H2,1H3;2*1H/t10-;;/m1../s1. The van der Waals surface area contributed by atoms with Crippen molar-refractivity contribution in [3.05, 3.63) is 40.9 Å². The molecular weight excluding hydrogens is 410 g/mol. The monoisotopic (exact) mass is 427 g/mol. The van der Waals surface area contributed by atoms with Crippen molar-refractivity contribution in [3.63, 3.8) is 0 Å². The lowest BCUT2D eigenvalue weighted by Gasteiger charge is -2.33. The van der Waals surface area contributed by atoms with Crippen molar-refractivity contribution in [1.29, 1.82) is 0 Å². The molecule has 0 unspecified atom stereocenters. The summed E-state index contributed by atoms with van der Waals surface area (Å²) < 4.78 is 38.5. The van der Waals surface area contributed by atoms with E-state index in [2.05, 4.69) is 10.3 Å². The van der Waals surface area contributed by atoms with Crippen LogP contribution in [0.2, 0.25) is 0 Å². The van der Waals surface area contributed by atoms with E-state index < -0.39 is 11.7 Å². The van der Waals surface area contributed by atoms with Crippen LogP contribution in [0.1, 0.15) is 23.0 Å². The number of hydrogen-bond acceptors (Lipinski definition) is 4. The Morgan fingerprint density at radius 2 is 2.08 bits per heavy atom. The Hall–Kier alpha value is -1.35. The number of piperazine rings is 1. The molecule has 10 heteroatoms. The molecule has 1 aliphatic heterocycles. The van der Waals surface area contributed by atoms with E-state index in [0.717, 1.165) is 25.2 Å². The Bertz CT molecular complexity index is 754. The van der Waals surface area contributed by atoms with E-state index in [1.807, 2.05) is 6.92 Å². The number of carbonyl (C=O) groups is 1. The second-order valence-corrected chi connectivity index (χ2v) is 6.53. The molecule has 1 atom stereocenters. The van der Waals surface area contributed by atoms with E-state index in [1.165, 1.54) is 17.4 Å². The molecule has 0 saturated carbocycles. The van der Waals surface area contributed by atoms with Crippen LogP contribution in [0.3, 0.4) is 0 Å². The second-order valence-electron chi connectivity index (χ2n) is 5.67. The maximum atomic E-state index is 12.8. The van der Waals surface area contributed by atoms with Crippen LogP contribution in [-0.4, -0.2) is 41.5 Å². The number of halogens is 5. The number of alkyl halides is 3. The van der Waals surface area contributed by atoms with Gasteiger partial charge in [-0.2, -0.15) is 13.2 Å². The van der Waals surface area contributed by atoms with E-state index in [-0.39, 0.29) is 42.5 Å². The molecule has 1 fully saturated rings. The van der Waals surface area contributed by atoms with Crippen LogP contribution in [0.25, 0.3) is 10.6 Å². The van der Waals surface area contributed by atoms with Gasteiger partial charge in [0.25, 0.3) is 5.91 Å². The highest BCUT2D eigenvalue weighted by Crippen LogP contribution is 2.33. The summed E-state index contributed by atoms with van der Waals surface area (Å²) in [4.78, 5) is 18.5. The van der Waals surface area contributed by atoms with Crippen LogP contribution in [0.15, 0.2) is 29.6 Å². The van der Waals surface area contributed by atoms with Gasteiger partial charge in [0, 0.05) is 36.6 Å². The quantitative estimate of drug-likeness (QED) is 0.784. The van der Waals surface area contributed by atoms with Gasteiger partial charge in [0.1, 0.15) is 10.7 Å². The topological polar surface area (TPSA) is 45.2 Å². The molecule has 0 radical (unpaired) electrons. The number of aromatic nitrogens is 1. The summed E-state index contributed by atoms with van der Waals surface area (Å²) in [6, 6.07) is 5.05. The lowest BCUT2D eigenvalue weighted by molar-refractivity contribution is -0.137. The van der Waals surface area contributed by atoms with Gasteiger partial charge in [0.05, 0.1) is 5.56 Å². The van der Waals surface area contributed by atoms with Crippen LogP contribution in [0, 0.1) is 0 Å². The first-order valence-corrected chi connectivity index (χ1v) is 8.39. The fourth-order valence-electron chi connectivity index (χ4n) is 2.62. The average molecular weight is 428 g/mol. The normalized spacial score (nSPS) is 17.2. The maximum Gasteiger partial charge on any atom is 0.416 e. The fraction of sp³-hybridized carbons (Fsp3) is 0.375. The summed E-state index contributed by atoms with van der Waals surface area (Å²) in [6.07, 6.45) is -4.40. The predicted molar refractivity (Wildman–Crippen MR) is 100 cm³/mol. The Morgan fingerprint density at radius 1 is 1.35 bits per heavy atom. The molecule has 144 valence electrons.